The van der Waals surface area contributed by atoms with Crippen molar-refractivity contribution in [1.82, 2.24) is 4.57 Å². The number of furan rings is 1. The number of pyridine rings is 1. The summed E-state index contributed by atoms with van der Waals surface area (Å²) in [6.07, 6.45) is 3.64. The van der Waals surface area contributed by atoms with Crippen molar-refractivity contribution in [3.8, 4) is 39.5 Å². The number of aromatic nitrogens is 3. The van der Waals surface area contributed by atoms with Crippen molar-refractivity contribution in [2.75, 3.05) is 0 Å². The maximum absolute atomic E-state index is 7.22. The van der Waals surface area contributed by atoms with Crippen molar-refractivity contribution in [3.05, 3.63) is 193 Å². The lowest BCUT2D eigenvalue weighted by Gasteiger charge is -2.24. The van der Waals surface area contributed by atoms with Gasteiger partial charge >= 0.3 is 11.5 Å². The molecule has 1 atom stereocenters. The molecule has 2 aliphatic rings. The van der Waals surface area contributed by atoms with Gasteiger partial charge in [-0.05, 0) is 88.8 Å². The molecule has 3 aromatic heterocycles. The summed E-state index contributed by atoms with van der Waals surface area (Å²) in [6, 6.07) is 63.2. The minimum absolute atomic E-state index is 0.534. The van der Waals surface area contributed by atoms with E-state index in [9.17, 15) is 0 Å². The van der Waals surface area contributed by atoms with E-state index < -0.39 is 13.7 Å². The Morgan fingerprint density at radius 1 is 0.619 bits per heavy atom. The average Bonchev–Trinajstić information content (AvgIpc) is 4.01. The molecule has 11 aromatic rings. The summed E-state index contributed by atoms with van der Waals surface area (Å²) in [5.74, 6) is 1.65. The average molecular weight is 830 g/mol. The molecule has 1 spiro atoms. The van der Waals surface area contributed by atoms with Crippen LogP contribution >= 0.6 is 0 Å². The fraction of sp³-hybridized carbons (Fsp3) is 0.138. The van der Waals surface area contributed by atoms with Gasteiger partial charge < -0.3 is 4.42 Å². The van der Waals surface area contributed by atoms with Crippen LogP contribution in [0.15, 0.2) is 180 Å². The Hall–Kier alpha value is -7.08. The molecule has 302 valence electrons. The third-order valence-electron chi connectivity index (χ3n) is 14.0. The molecule has 0 amide bonds. The summed E-state index contributed by atoms with van der Waals surface area (Å²) in [5, 5.41) is 8.61. The summed E-state index contributed by atoms with van der Waals surface area (Å²) in [5.41, 5.74) is 14.6. The molecule has 0 saturated carbocycles. The number of imidazole rings is 1. The molecular formula is C58H47N3OSi+2. The third-order valence-corrected chi connectivity index (χ3v) is 16.1. The smallest absolute Gasteiger partial charge is 0.364 e. The maximum atomic E-state index is 7.22. The number of hydrogen-bond donors (Lipinski definition) is 0. The van der Waals surface area contributed by atoms with E-state index in [-0.39, 0.29) is 0 Å². The number of fused-ring (bicyclic) bond motifs is 19. The van der Waals surface area contributed by atoms with Crippen LogP contribution in [0.4, 0.5) is 0 Å². The van der Waals surface area contributed by atoms with Crippen LogP contribution in [0.2, 0.25) is 19.6 Å². The van der Waals surface area contributed by atoms with Crippen LogP contribution in [0.1, 0.15) is 30.5 Å². The van der Waals surface area contributed by atoms with Crippen molar-refractivity contribution >= 4 is 67.8 Å². The number of rotatable bonds is 5. The lowest BCUT2D eigenvalue weighted by molar-refractivity contribution is -0.944. The molecule has 0 aliphatic carbocycles. The van der Waals surface area contributed by atoms with E-state index in [1.807, 2.05) is 0 Å². The lowest BCUT2D eigenvalue weighted by atomic mass is 9.88. The number of benzene rings is 8. The Bertz CT molecular complexity index is 3740. The van der Waals surface area contributed by atoms with Gasteiger partial charge in [-0.15, -0.1) is 9.13 Å². The molecule has 0 fully saturated rings. The van der Waals surface area contributed by atoms with E-state index in [1.165, 1.54) is 71.3 Å². The highest BCUT2D eigenvalue weighted by atomic mass is 28.3. The van der Waals surface area contributed by atoms with Gasteiger partial charge in [0.2, 0.25) is 5.69 Å². The van der Waals surface area contributed by atoms with Gasteiger partial charge in [-0.3, -0.25) is 0 Å². The van der Waals surface area contributed by atoms with Crippen LogP contribution in [0.25, 0.3) is 94.0 Å². The molecule has 13 rings (SSSR count). The fourth-order valence-corrected chi connectivity index (χ4v) is 13.2. The summed E-state index contributed by atoms with van der Waals surface area (Å²) < 4.78 is 15.3. The molecule has 8 aromatic carbocycles. The molecular weight excluding hydrogens is 783 g/mol. The second kappa shape index (κ2) is 13.0. The van der Waals surface area contributed by atoms with Gasteiger partial charge in [0.15, 0.2) is 22.8 Å². The molecule has 0 saturated heterocycles. The van der Waals surface area contributed by atoms with Gasteiger partial charge in [-0.1, -0.05) is 143 Å². The Balaban J connectivity index is 1.32. The summed E-state index contributed by atoms with van der Waals surface area (Å²) in [7, 11) is -1.88. The van der Waals surface area contributed by atoms with Crippen molar-refractivity contribution in [2.45, 2.75) is 45.6 Å². The first kappa shape index (κ1) is 36.6. The Morgan fingerprint density at radius 2 is 1.30 bits per heavy atom. The first-order valence-electron chi connectivity index (χ1n) is 22.4. The normalized spacial score (nSPS) is 15.3. The largest absolute Gasteiger partial charge is 0.455 e. The van der Waals surface area contributed by atoms with Crippen molar-refractivity contribution in [3.63, 3.8) is 0 Å². The highest BCUT2D eigenvalue weighted by molar-refractivity contribution is 6.89. The van der Waals surface area contributed by atoms with Gasteiger partial charge in [0.25, 0.3) is 0 Å². The minimum atomic E-state index is -1.88. The van der Waals surface area contributed by atoms with Crippen molar-refractivity contribution in [1.29, 1.82) is 0 Å². The van der Waals surface area contributed by atoms with Crippen LogP contribution in [0.5, 0.6) is 0 Å². The van der Waals surface area contributed by atoms with E-state index in [0.29, 0.717) is 5.92 Å². The van der Waals surface area contributed by atoms with Gasteiger partial charge in [0.1, 0.15) is 16.8 Å². The predicted octanol–water partition coefficient (Wildman–Crippen LogP) is 13.1. The quantitative estimate of drug-likeness (QED) is 0.125. The van der Waals surface area contributed by atoms with Crippen LogP contribution < -0.4 is 14.3 Å². The number of nitrogens with zero attached hydrogens (tertiary/aromatic N) is 3. The molecule has 63 heavy (non-hydrogen) atoms. The molecule has 2 aliphatic heterocycles. The second-order valence-electron chi connectivity index (χ2n) is 19.2. The van der Waals surface area contributed by atoms with Crippen LogP contribution in [0.3, 0.4) is 0 Å². The highest BCUT2D eigenvalue weighted by Crippen LogP contribution is 2.54. The van der Waals surface area contributed by atoms with Gasteiger partial charge in [-0.25, -0.2) is 0 Å². The standard InChI is InChI=1S/C58H47N3OSi/c1-36(2)33-40-34-50-46-24-13-15-25-47(46)58(59(50)35-52(40)63(3,4)5)48-31-30-45-44-23-14-16-26-51(44)62-56(45)53(48)57-60(49-32-28-39-20-10-12-22-42(39)55(49)61(57)58)54-41-21-11-9-19-38(41)27-29-43(54)37-17-7-6-8-18-37/h6-32,34-36H,33H2,1-5H3/q+2. The Kier molecular flexibility index (Phi) is 7.53. The molecule has 5 heterocycles. The molecule has 0 radical (unpaired) electrons. The SMILES string of the molecule is CC(C)Cc1cc2[n+](cc1[Si](C)(C)C)C1(c3ccccc3-2)c2ccc3c(oc4ccccc43)c2-c2n(-c3c(-c4ccccc4)ccc4ccccc34)c3ccc4ccccc4c3[n+]21. The Morgan fingerprint density at radius 3 is 2.10 bits per heavy atom. The highest BCUT2D eigenvalue weighted by Gasteiger charge is 2.67. The molecule has 5 heteroatoms. The fourth-order valence-electron chi connectivity index (χ4n) is 11.5. The molecule has 4 nitrogen and oxygen atoms in total. The van der Waals surface area contributed by atoms with E-state index in [4.69, 9.17) is 4.42 Å². The van der Waals surface area contributed by atoms with E-state index >= 15 is 0 Å². The zero-order valence-electron chi connectivity index (χ0n) is 36.3. The van der Waals surface area contributed by atoms with Crippen LogP contribution in [0, 0.1) is 5.92 Å². The van der Waals surface area contributed by atoms with E-state index in [0.717, 1.165) is 51.0 Å². The molecule has 0 N–H and O–H groups in total. The van der Waals surface area contributed by atoms with Gasteiger partial charge in [0, 0.05) is 38.4 Å². The van der Waals surface area contributed by atoms with E-state index in [2.05, 4.69) is 223 Å². The van der Waals surface area contributed by atoms with Gasteiger partial charge in [-0.2, -0.15) is 4.57 Å². The summed E-state index contributed by atoms with van der Waals surface area (Å²) in [6.45, 7) is 12.2. The first-order chi connectivity index (χ1) is 30.7. The second-order valence-corrected chi connectivity index (χ2v) is 24.2. The van der Waals surface area contributed by atoms with E-state index in [1.54, 1.807) is 0 Å². The maximum Gasteiger partial charge on any atom is 0.364 e. The van der Waals surface area contributed by atoms with Gasteiger partial charge in [0.05, 0.1) is 24.8 Å². The zero-order valence-corrected chi connectivity index (χ0v) is 37.3. The predicted molar refractivity (Wildman–Crippen MR) is 262 cm³/mol. The minimum Gasteiger partial charge on any atom is -0.455 e. The molecule has 0 bridgehead atoms. The zero-order chi connectivity index (χ0) is 42.4. The third kappa shape index (κ3) is 4.86. The first-order valence-corrected chi connectivity index (χ1v) is 25.9. The Labute approximate surface area is 367 Å². The summed E-state index contributed by atoms with van der Waals surface area (Å²) in [4.78, 5) is 0. The van der Waals surface area contributed by atoms with Crippen LogP contribution in [-0.4, -0.2) is 12.6 Å². The molecule has 1 unspecified atom stereocenters. The monoisotopic (exact) mass is 829 g/mol. The topological polar surface area (TPSA) is 25.8 Å². The number of hydrogen-bond acceptors (Lipinski definition) is 1. The lowest BCUT2D eigenvalue weighted by Crippen LogP contribution is -2.72. The van der Waals surface area contributed by atoms with Crippen LogP contribution in [-0.2, 0) is 12.1 Å². The van der Waals surface area contributed by atoms with Crippen molar-refractivity contribution in [2.24, 2.45) is 5.92 Å². The number of para-hydroxylation sites is 1. The van der Waals surface area contributed by atoms with Crippen molar-refractivity contribution < 1.29 is 13.6 Å². The summed E-state index contributed by atoms with van der Waals surface area (Å²) >= 11 is 0.